The summed E-state index contributed by atoms with van der Waals surface area (Å²) in [4.78, 5) is 15.8. The fourth-order valence-electron chi connectivity index (χ4n) is 2.29. The molecule has 0 saturated heterocycles. The zero-order valence-corrected chi connectivity index (χ0v) is 12.6. The Morgan fingerprint density at radius 3 is 2.60 bits per heavy atom. The Hall–Kier alpha value is -1.84. The molecule has 0 radical (unpaired) electrons. The molecule has 1 aromatic heterocycles. The zero-order chi connectivity index (χ0) is 14.9. The minimum absolute atomic E-state index is 0.163. The van der Waals surface area contributed by atoms with Gasteiger partial charge in [-0.3, -0.25) is 0 Å². The van der Waals surface area contributed by atoms with Crippen LogP contribution in [0.1, 0.15) is 50.3 Å². The van der Waals surface area contributed by atoms with E-state index in [4.69, 9.17) is 5.11 Å². The van der Waals surface area contributed by atoms with Crippen LogP contribution in [0.5, 0.6) is 0 Å². The Balaban J connectivity index is 2.59. The first-order valence-electron chi connectivity index (χ1n) is 7.10. The number of nitrogens with zero attached hydrogens (tertiary/aromatic N) is 2. The van der Waals surface area contributed by atoms with Crippen molar-refractivity contribution in [3.8, 4) is 0 Å². The number of imidazole rings is 1. The molecule has 20 heavy (non-hydrogen) atoms. The molecule has 0 unspecified atom stereocenters. The fourth-order valence-corrected chi connectivity index (χ4v) is 2.29. The molecule has 0 bridgehead atoms. The summed E-state index contributed by atoms with van der Waals surface area (Å²) in [6, 6.07) is 5.15. The minimum atomic E-state index is -0.896. The van der Waals surface area contributed by atoms with Crippen molar-refractivity contribution in [2.75, 3.05) is 0 Å². The SMILES string of the molecule is CCc1nc2ccc(C(=O)O)cc2n1CC(C)(C)CC. The number of aryl methyl sites for hydroxylation is 1. The van der Waals surface area contributed by atoms with Gasteiger partial charge in [0.1, 0.15) is 5.82 Å². The number of aromatic carboxylic acids is 1. The van der Waals surface area contributed by atoms with Crippen LogP contribution >= 0.6 is 0 Å². The summed E-state index contributed by atoms with van der Waals surface area (Å²) in [5.74, 6) is 0.122. The van der Waals surface area contributed by atoms with Gasteiger partial charge in [0.2, 0.25) is 0 Å². The summed E-state index contributed by atoms with van der Waals surface area (Å²) in [6.45, 7) is 9.55. The largest absolute Gasteiger partial charge is 0.478 e. The summed E-state index contributed by atoms with van der Waals surface area (Å²) in [7, 11) is 0. The molecule has 1 N–H and O–H groups in total. The summed E-state index contributed by atoms with van der Waals surface area (Å²) in [5.41, 5.74) is 2.27. The van der Waals surface area contributed by atoms with Crippen molar-refractivity contribution in [1.82, 2.24) is 9.55 Å². The second-order valence-corrected chi connectivity index (χ2v) is 5.99. The second kappa shape index (κ2) is 5.27. The van der Waals surface area contributed by atoms with Crippen LogP contribution in [0.2, 0.25) is 0 Å². The summed E-state index contributed by atoms with van der Waals surface area (Å²) in [5, 5.41) is 9.15. The number of aromatic nitrogens is 2. The van der Waals surface area contributed by atoms with Crippen LogP contribution in [0.3, 0.4) is 0 Å². The molecule has 0 fully saturated rings. The standard InChI is InChI=1S/C16H22N2O2/c1-5-14-17-12-8-7-11(15(19)20)9-13(12)18(14)10-16(3,4)6-2/h7-9H,5-6,10H2,1-4H3,(H,19,20). The maximum atomic E-state index is 11.1. The van der Waals surface area contributed by atoms with Gasteiger partial charge in [-0.1, -0.05) is 27.7 Å². The molecule has 0 amide bonds. The molecule has 2 rings (SSSR count). The quantitative estimate of drug-likeness (QED) is 0.903. The Labute approximate surface area is 119 Å². The van der Waals surface area contributed by atoms with Gasteiger partial charge >= 0.3 is 5.97 Å². The van der Waals surface area contributed by atoms with E-state index in [1.54, 1.807) is 18.2 Å². The van der Waals surface area contributed by atoms with Crippen molar-refractivity contribution in [2.45, 2.75) is 47.1 Å². The smallest absolute Gasteiger partial charge is 0.335 e. The Bertz CT molecular complexity index is 641. The van der Waals surface area contributed by atoms with E-state index in [0.717, 1.165) is 36.2 Å². The molecule has 2 aromatic rings. The number of rotatable bonds is 5. The van der Waals surface area contributed by atoms with E-state index in [1.807, 2.05) is 0 Å². The van der Waals surface area contributed by atoms with E-state index in [0.29, 0.717) is 5.56 Å². The third-order valence-electron chi connectivity index (χ3n) is 3.93. The Morgan fingerprint density at radius 2 is 2.05 bits per heavy atom. The van der Waals surface area contributed by atoms with E-state index in [-0.39, 0.29) is 5.41 Å². The van der Waals surface area contributed by atoms with Gasteiger partial charge in [-0.2, -0.15) is 0 Å². The second-order valence-electron chi connectivity index (χ2n) is 5.99. The number of hydrogen-bond acceptors (Lipinski definition) is 2. The maximum absolute atomic E-state index is 11.1. The van der Waals surface area contributed by atoms with Crippen LogP contribution in [0.25, 0.3) is 11.0 Å². The van der Waals surface area contributed by atoms with Crippen molar-refractivity contribution < 1.29 is 9.90 Å². The van der Waals surface area contributed by atoms with Crippen LogP contribution < -0.4 is 0 Å². The molecule has 0 spiro atoms. The summed E-state index contributed by atoms with van der Waals surface area (Å²) < 4.78 is 2.17. The lowest BCUT2D eigenvalue weighted by molar-refractivity contribution is 0.0697. The van der Waals surface area contributed by atoms with Crippen LogP contribution in [-0.4, -0.2) is 20.6 Å². The van der Waals surface area contributed by atoms with Gasteiger partial charge in [-0.05, 0) is 30.0 Å². The monoisotopic (exact) mass is 274 g/mol. The van der Waals surface area contributed by atoms with Crippen molar-refractivity contribution >= 4 is 17.0 Å². The molecule has 108 valence electrons. The number of carboxylic acids is 1. The van der Waals surface area contributed by atoms with E-state index in [9.17, 15) is 4.79 Å². The molecule has 0 aliphatic heterocycles. The zero-order valence-electron chi connectivity index (χ0n) is 12.6. The molecule has 4 heteroatoms. The van der Waals surface area contributed by atoms with E-state index >= 15 is 0 Å². The van der Waals surface area contributed by atoms with Crippen molar-refractivity contribution in [1.29, 1.82) is 0 Å². The topological polar surface area (TPSA) is 55.1 Å². The first-order valence-corrected chi connectivity index (χ1v) is 7.10. The van der Waals surface area contributed by atoms with Gasteiger partial charge in [0.05, 0.1) is 16.6 Å². The molecule has 0 aliphatic rings. The fraction of sp³-hybridized carbons (Fsp3) is 0.500. The van der Waals surface area contributed by atoms with E-state index in [1.165, 1.54) is 0 Å². The average molecular weight is 274 g/mol. The first kappa shape index (κ1) is 14.6. The van der Waals surface area contributed by atoms with Gasteiger partial charge in [0, 0.05) is 13.0 Å². The van der Waals surface area contributed by atoms with Crippen LogP contribution in [0.4, 0.5) is 0 Å². The highest BCUT2D eigenvalue weighted by Gasteiger charge is 2.20. The lowest BCUT2D eigenvalue weighted by Crippen LogP contribution is -2.20. The van der Waals surface area contributed by atoms with Crippen molar-refractivity contribution in [2.24, 2.45) is 5.41 Å². The number of fused-ring (bicyclic) bond motifs is 1. The lowest BCUT2D eigenvalue weighted by Gasteiger charge is -2.24. The normalized spacial score (nSPS) is 12.0. The van der Waals surface area contributed by atoms with Gasteiger partial charge in [-0.15, -0.1) is 0 Å². The van der Waals surface area contributed by atoms with E-state index < -0.39 is 5.97 Å². The molecule has 0 aliphatic carbocycles. The maximum Gasteiger partial charge on any atom is 0.335 e. The van der Waals surface area contributed by atoms with Gasteiger partial charge in [0.25, 0.3) is 0 Å². The average Bonchev–Trinajstić information content (AvgIpc) is 2.75. The van der Waals surface area contributed by atoms with Gasteiger partial charge in [-0.25, -0.2) is 9.78 Å². The van der Waals surface area contributed by atoms with Crippen LogP contribution in [-0.2, 0) is 13.0 Å². The Kier molecular flexibility index (Phi) is 3.84. The predicted molar refractivity (Wildman–Crippen MR) is 80.1 cm³/mol. The molecule has 1 aromatic carbocycles. The van der Waals surface area contributed by atoms with Crippen molar-refractivity contribution in [3.63, 3.8) is 0 Å². The van der Waals surface area contributed by atoms with Crippen molar-refractivity contribution in [3.05, 3.63) is 29.6 Å². The van der Waals surface area contributed by atoms with Gasteiger partial charge in [0.15, 0.2) is 0 Å². The highest BCUT2D eigenvalue weighted by molar-refractivity contribution is 5.92. The minimum Gasteiger partial charge on any atom is -0.478 e. The summed E-state index contributed by atoms with van der Waals surface area (Å²) >= 11 is 0. The Morgan fingerprint density at radius 1 is 1.35 bits per heavy atom. The highest BCUT2D eigenvalue weighted by Crippen LogP contribution is 2.27. The summed E-state index contributed by atoms with van der Waals surface area (Å²) in [6.07, 6.45) is 1.91. The molecular weight excluding hydrogens is 252 g/mol. The number of benzene rings is 1. The first-order chi connectivity index (χ1) is 9.38. The molecule has 1 heterocycles. The van der Waals surface area contributed by atoms with E-state index in [2.05, 4.69) is 37.2 Å². The molecular formula is C16H22N2O2. The third kappa shape index (κ3) is 2.69. The third-order valence-corrected chi connectivity index (χ3v) is 3.93. The molecule has 0 atom stereocenters. The molecule has 0 saturated carbocycles. The van der Waals surface area contributed by atoms with Crippen LogP contribution in [0, 0.1) is 5.41 Å². The molecule has 4 nitrogen and oxygen atoms in total. The van der Waals surface area contributed by atoms with Crippen LogP contribution in [0.15, 0.2) is 18.2 Å². The highest BCUT2D eigenvalue weighted by atomic mass is 16.4. The number of hydrogen-bond donors (Lipinski definition) is 1. The van der Waals surface area contributed by atoms with Gasteiger partial charge < -0.3 is 9.67 Å². The predicted octanol–water partition coefficient (Wildman–Crippen LogP) is 3.73. The number of carbonyl (C=O) groups is 1. The lowest BCUT2D eigenvalue weighted by atomic mass is 9.90. The number of carboxylic acid groups (broad SMARTS) is 1.